The van der Waals surface area contributed by atoms with Crippen LogP contribution in [0.4, 0.5) is 0 Å². The van der Waals surface area contributed by atoms with Crippen molar-refractivity contribution in [3.63, 3.8) is 0 Å². The molecule has 0 saturated heterocycles. The van der Waals surface area contributed by atoms with Gasteiger partial charge >= 0.3 is 11.9 Å². The molecule has 1 aromatic heterocycles. The third-order valence-electron chi connectivity index (χ3n) is 2.60. The first-order chi connectivity index (χ1) is 7.99. The minimum Gasteiger partial charge on any atom is -0.481 e. The van der Waals surface area contributed by atoms with E-state index in [1.165, 1.54) is 0 Å². The Morgan fingerprint density at radius 1 is 1.29 bits per heavy atom. The lowest BCUT2D eigenvalue weighted by molar-refractivity contribution is -0.136. The number of carboxylic acid groups (broad SMARTS) is 2. The molecule has 17 heavy (non-hydrogen) atoms. The minimum atomic E-state index is -1.14. The Morgan fingerprint density at radius 3 is 2.59 bits per heavy atom. The molecule has 0 bridgehead atoms. The van der Waals surface area contributed by atoms with Gasteiger partial charge in [-0.3, -0.25) is 4.79 Å². The average molecular weight is 233 g/mol. The highest BCUT2D eigenvalue weighted by Gasteiger charge is 2.18. The molecule has 2 aromatic rings. The fraction of sp³-hybridized carbons (Fsp3) is 0.167. The summed E-state index contributed by atoms with van der Waals surface area (Å²) in [7, 11) is 0. The number of hydrogen-bond acceptors (Lipinski definition) is 2. The van der Waals surface area contributed by atoms with Crippen LogP contribution in [0.5, 0.6) is 0 Å². The molecule has 0 fully saturated rings. The van der Waals surface area contributed by atoms with Gasteiger partial charge < -0.3 is 15.2 Å². The Hall–Kier alpha value is -2.30. The molecule has 0 spiro atoms. The highest BCUT2D eigenvalue weighted by atomic mass is 16.4. The van der Waals surface area contributed by atoms with Gasteiger partial charge in [0.2, 0.25) is 0 Å². The van der Waals surface area contributed by atoms with Crippen molar-refractivity contribution in [2.24, 2.45) is 0 Å². The summed E-state index contributed by atoms with van der Waals surface area (Å²) >= 11 is 0. The highest BCUT2D eigenvalue weighted by Crippen LogP contribution is 2.24. The maximum atomic E-state index is 11.0. The summed E-state index contributed by atoms with van der Waals surface area (Å²) in [5.74, 6) is -2.19. The molecule has 0 aliphatic rings. The third-order valence-corrected chi connectivity index (χ3v) is 2.60. The lowest BCUT2D eigenvalue weighted by atomic mass is 10.1. The number of benzene rings is 1. The fourth-order valence-electron chi connectivity index (χ4n) is 1.88. The van der Waals surface area contributed by atoms with Crippen molar-refractivity contribution in [2.75, 3.05) is 0 Å². The summed E-state index contributed by atoms with van der Waals surface area (Å²) in [5, 5.41) is 18.5. The van der Waals surface area contributed by atoms with E-state index in [4.69, 9.17) is 10.2 Å². The van der Waals surface area contributed by atoms with Crippen LogP contribution in [0.2, 0.25) is 0 Å². The number of aliphatic carboxylic acids is 1. The molecule has 0 aliphatic heterocycles. The Kier molecular flexibility index (Phi) is 2.59. The molecule has 5 nitrogen and oxygen atoms in total. The zero-order valence-corrected chi connectivity index (χ0v) is 9.15. The number of aryl methyl sites for hydroxylation is 1. The second kappa shape index (κ2) is 3.93. The van der Waals surface area contributed by atoms with E-state index in [-0.39, 0.29) is 12.1 Å². The standard InChI is InChI=1S/C12H11NO4/c1-6-2-3-9-7(4-6)8(5-10(14)15)11(13-9)12(16)17/h2-4,13H,5H2,1H3,(H,14,15)(H,16,17). The molecule has 0 radical (unpaired) electrons. The smallest absolute Gasteiger partial charge is 0.352 e. The summed E-state index contributed by atoms with van der Waals surface area (Å²) in [6.45, 7) is 1.87. The quantitative estimate of drug-likeness (QED) is 0.753. The molecule has 3 N–H and O–H groups in total. The third kappa shape index (κ3) is 1.99. The molecular formula is C12H11NO4. The lowest BCUT2D eigenvalue weighted by Crippen LogP contribution is -2.06. The van der Waals surface area contributed by atoms with E-state index >= 15 is 0 Å². The monoisotopic (exact) mass is 233 g/mol. The number of hydrogen-bond donors (Lipinski definition) is 3. The van der Waals surface area contributed by atoms with Gasteiger partial charge in [-0.15, -0.1) is 0 Å². The first kappa shape index (κ1) is 11.2. The topological polar surface area (TPSA) is 90.4 Å². The minimum absolute atomic E-state index is 0.0481. The van der Waals surface area contributed by atoms with Crippen LogP contribution in [-0.2, 0) is 11.2 Å². The van der Waals surface area contributed by atoms with Crippen LogP contribution in [-0.4, -0.2) is 27.1 Å². The van der Waals surface area contributed by atoms with Crippen molar-refractivity contribution in [3.05, 3.63) is 35.0 Å². The van der Waals surface area contributed by atoms with Gasteiger partial charge in [0.05, 0.1) is 6.42 Å². The van der Waals surface area contributed by atoms with Crippen molar-refractivity contribution >= 4 is 22.8 Å². The molecule has 0 unspecified atom stereocenters. The maximum absolute atomic E-state index is 11.0. The molecule has 0 amide bonds. The maximum Gasteiger partial charge on any atom is 0.352 e. The lowest BCUT2D eigenvalue weighted by Gasteiger charge is -1.98. The normalized spacial score (nSPS) is 10.6. The number of carbonyl (C=O) groups is 2. The number of fused-ring (bicyclic) bond motifs is 1. The summed E-state index contributed by atoms with van der Waals surface area (Å²) in [4.78, 5) is 24.5. The summed E-state index contributed by atoms with van der Waals surface area (Å²) in [6, 6.07) is 5.38. The van der Waals surface area contributed by atoms with Gasteiger partial charge in [-0.1, -0.05) is 11.6 Å². The van der Waals surface area contributed by atoms with Crippen LogP contribution in [0.25, 0.3) is 10.9 Å². The zero-order chi connectivity index (χ0) is 12.6. The number of H-pyrrole nitrogens is 1. The molecule has 2 rings (SSSR count). The SMILES string of the molecule is Cc1ccc2[nH]c(C(=O)O)c(CC(=O)O)c2c1. The van der Waals surface area contributed by atoms with E-state index in [0.717, 1.165) is 5.56 Å². The molecule has 0 aliphatic carbocycles. The van der Waals surface area contributed by atoms with E-state index in [1.807, 2.05) is 13.0 Å². The van der Waals surface area contributed by atoms with Gasteiger partial charge in [0.25, 0.3) is 0 Å². The first-order valence-electron chi connectivity index (χ1n) is 5.05. The zero-order valence-electron chi connectivity index (χ0n) is 9.15. The Labute approximate surface area is 96.7 Å². The van der Waals surface area contributed by atoms with Crippen LogP contribution in [0, 0.1) is 6.92 Å². The van der Waals surface area contributed by atoms with Gasteiger partial charge in [0.15, 0.2) is 0 Å². The van der Waals surface area contributed by atoms with Crippen LogP contribution >= 0.6 is 0 Å². The fourth-order valence-corrected chi connectivity index (χ4v) is 1.88. The second-order valence-electron chi connectivity index (χ2n) is 3.90. The van der Waals surface area contributed by atoms with E-state index in [9.17, 15) is 9.59 Å². The first-order valence-corrected chi connectivity index (χ1v) is 5.05. The van der Waals surface area contributed by atoms with Gasteiger partial charge in [-0.2, -0.15) is 0 Å². The van der Waals surface area contributed by atoms with Crippen LogP contribution in [0.15, 0.2) is 18.2 Å². The van der Waals surface area contributed by atoms with Crippen molar-refractivity contribution in [1.29, 1.82) is 0 Å². The number of nitrogens with one attached hydrogen (secondary N) is 1. The second-order valence-corrected chi connectivity index (χ2v) is 3.90. The predicted octanol–water partition coefficient (Wildman–Crippen LogP) is 1.80. The van der Waals surface area contributed by atoms with Crippen molar-refractivity contribution < 1.29 is 19.8 Å². The average Bonchev–Trinajstić information content (AvgIpc) is 2.56. The molecule has 1 aromatic carbocycles. The highest BCUT2D eigenvalue weighted by molar-refractivity contribution is 5.99. The van der Waals surface area contributed by atoms with Gasteiger partial charge in [-0.25, -0.2) is 4.79 Å². The molecule has 0 saturated carbocycles. The van der Waals surface area contributed by atoms with Crippen molar-refractivity contribution in [2.45, 2.75) is 13.3 Å². The van der Waals surface area contributed by atoms with Crippen molar-refractivity contribution in [1.82, 2.24) is 4.98 Å². The van der Waals surface area contributed by atoms with Gasteiger partial charge in [0, 0.05) is 16.5 Å². The van der Waals surface area contributed by atoms with Crippen LogP contribution in [0.3, 0.4) is 0 Å². The van der Waals surface area contributed by atoms with Crippen molar-refractivity contribution in [3.8, 4) is 0 Å². The molecule has 5 heteroatoms. The molecule has 88 valence electrons. The number of carboxylic acids is 2. The molecule has 1 heterocycles. The Morgan fingerprint density at radius 2 is 2.00 bits per heavy atom. The van der Waals surface area contributed by atoms with E-state index in [2.05, 4.69) is 4.98 Å². The molecular weight excluding hydrogens is 222 g/mol. The van der Waals surface area contributed by atoms with Gasteiger partial charge in [-0.05, 0) is 19.1 Å². The number of aromatic carboxylic acids is 1. The Balaban J connectivity index is 2.72. The van der Waals surface area contributed by atoms with Crippen LogP contribution < -0.4 is 0 Å². The number of rotatable bonds is 3. The number of aromatic amines is 1. The largest absolute Gasteiger partial charge is 0.481 e. The predicted molar refractivity (Wildman–Crippen MR) is 61.3 cm³/mol. The van der Waals surface area contributed by atoms with E-state index < -0.39 is 11.9 Å². The molecule has 0 atom stereocenters. The van der Waals surface area contributed by atoms with Gasteiger partial charge in [0.1, 0.15) is 5.69 Å². The summed E-state index contributed by atoms with van der Waals surface area (Å²) in [5.41, 5.74) is 1.88. The van der Waals surface area contributed by atoms with E-state index in [0.29, 0.717) is 16.5 Å². The summed E-state index contributed by atoms with van der Waals surface area (Å²) in [6.07, 6.45) is -0.301. The number of aromatic nitrogens is 1. The van der Waals surface area contributed by atoms with E-state index in [1.54, 1.807) is 12.1 Å². The summed E-state index contributed by atoms with van der Waals surface area (Å²) < 4.78 is 0. The van der Waals surface area contributed by atoms with Crippen LogP contribution in [0.1, 0.15) is 21.6 Å². The Bertz CT molecular complexity index is 612.